The number of amides is 1. The number of carbonyl (C=O) groups is 1. The summed E-state index contributed by atoms with van der Waals surface area (Å²) >= 11 is 5.93. The average molecular weight is 432 g/mol. The van der Waals surface area contributed by atoms with Crippen LogP contribution in [-0.4, -0.2) is 49.0 Å². The maximum atomic E-state index is 12.1. The maximum Gasteiger partial charge on any atom is 0.410 e. The van der Waals surface area contributed by atoms with Crippen molar-refractivity contribution in [1.82, 2.24) is 4.90 Å². The Morgan fingerprint density at radius 2 is 1.76 bits per heavy atom. The van der Waals surface area contributed by atoms with Gasteiger partial charge in [0.05, 0.1) is 13.2 Å². The van der Waals surface area contributed by atoms with E-state index in [9.17, 15) is 4.79 Å². The summed E-state index contributed by atoms with van der Waals surface area (Å²) in [5, 5.41) is 0.680. The first-order chi connectivity index (χ1) is 13.7. The minimum absolute atomic E-state index is 0.175. The normalized spacial score (nSPS) is 15.4. The van der Waals surface area contributed by atoms with Crippen LogP contribution in [-0.2, 0) is 9.47 Å². The van der Waals surface area contributed by atoms with E-state index >= 15 is 0 Å². The zero-order chi connectivity index (χ0) is 23.0. The van der Waals surface area contributed by atoms with Crippen LogP contribution in [0.5, 0.6) is 5.75 Å². The second-order valence-electron chi connectivity index (χ2n) is 6.64. The molecule has 29 heavy (non-hydrogen) atoms. The molecule has 0 bridgehead atoms. The third kappa shape index (κ3) is 12.7. The summed E-state index contributed by atoms with van der Waals surface area (Å²) in [7, 11) is 0. The van der Waals surface area contributed by atoms with Gasteiger partial charge in [-0.1, -0.05) is 53.1 Å². The van der Waals surface area contributed by atoms with Crippen LogP contribution in [0.2, 0.25) is 5.02 Å². The van der Waals surface area contributed by atoms with Gasteiger partial charge in [0.25, 0.3) is 0 Å². The molecule has 0 saturated carbocycles. The van der Waals surface area contributed by atoms with Gasteiger partial charge in [0, 0.05) is 11.6 Å². The highest BCUT2D eigenvalue weighted by molar-refractivity contribution is 6.30. The summed E-state index contributed by atoms with van der Waals surface area (Å²) in [6.07, 6.45) is -0.486. The van der Waals surface area contributed by atoms with Crippen LogP contribution in [0.4, 0.5) is 4.79 Å². The molecular weight excluding hydrogens is 390 g/mol. The Hall–Kier alpha value is -1.46. The van der Waals surface area contributed by atoms with Crippen LogP contribution in [0.1, 0.15) is 67.9 Å². The molecular formula is C23H42ClNO4. The van der Waals surface area contributed by atoms with E-state index in [2.05, 4.69) is 0 Å². The van der Waals surface area contributed by atoms with E-state index in [0.29, 0.717) is 31.3 Å². The SMILES string of the molecule is CC.CC.CC.Cc1cc(Cl)ccc1OCC1CN(C(=O)OC(C)(C)C)CCO1. The lowest BCUT2D eigenvalue weighted by Crippen LogP contribution is -2.49. The minimum Gasteiger partial charge on any atom is -0.491 e. The molecule has 2 rings (SSSR count). The first-order valence-corrected chi connectivity index (χ1v) is 11.1. The number of rotatable bonds is 3. The standard InChI is InChI=1S/C17H24ClNO4.3C2H6/c1-12-9-13(18)5-6-15(12)22-11-14-10-19(7-8-21-14)16(20)23-17(2,3)4;3*1-2/h5-6,9,14H,7-8,10-11H2,1-4H3;3*1-2H3. The van der Waals surface area contributed by atoms with E-state index < -0.39 is 5.60 Å². The molecule has 1 atom stereocenters. The summed E-state index contributed by atoms with van der Waals surface area (Å²) in [6.45, 7) is 21.4. The van der Waals surface area contributed by atoms with Gasteiger partial charge in [0.1, 0.15) is 24.1 Å². The molecule has 5 nitrogen and oxygen atoms in total. The van der Waals surface area contributed by atoms with Gasteiger partial charge in [-0.15, -0.1) is 0 Å². The molecule has 170 valence electrons. The topological polar surface area (TPSA) is 48.0 Å². The number of ether oxygens (including phenoxy) is 3. The van der Waals surface area contributed by atoms with Gasteiger partial charge < -0.3 is 19.1 Å². The summed E-state index contributed by atoms with van der Waals surface area (Å²) in [5.74, 6) is 0.771. The van der Waals surface area contributed by atoms with Crippen molar-refractivity contribution in [2.45, 2.75) is 80.9 Å². The van der Waals surface area contributed by atoms with E-state index in [1.807, 2.05) is 81.4 Å². The highest BCUT2D eigenvalue weighted by atomic mass is 35.5. The molecule has 1 saturated heterocycles. The lowest BCUT2D eigenvalue weighted by atomic mass is 10.2. The van der Waals surface area contributed by atoms with Gasteiger partial charge in [-0.2, -0.15) is 0 Å². The lowest BCUT2D eigenvalue weighted by molar-refractivity contribution is -0.0557. The molecule has 6 heteroatoms. The predicted octanol–water partition coefficient (Wildman–Crippen LogP) is 6.74. The number of hydrogen-bond acceptors (Lipinski definition) is 4. The molecule has 1 aromatic carbocycles. The van der Waals surface area contributed by atoms with Gasteiger partial charge >= 0.3 is 6.09 Å². The molecule has 1 aromatic rings. The van der Waals surface area contributed by atoms with Crippen molar-refractivity contribution in [2.75, 3.05) is 26.3 Å². The molecule has 0 spiro atoms. The number of hydrogen-bond donors (Lipinski definition) is 0. The Labute approximate surface area is 183 Å². The van der Waals surface area contributed by atoms with E-state index in [4.69, 9.17) is 25.8 Å². The fourth-order valence-corrected chi connectivity index (χ4v) is 2.50. The van der Waals surface area contributed by atoms with Crippen molar-refractivity contribution < 1.29 is 19.0 Å². The van der Waals surface area contributed by atoms with Crippen molar-refractivity contribution >= 4 is 17.7 Å². The van der Waals surface area contributed by atoms with Gasteiger partial charge in [-0.05, 0) is 51.5 Å². The van der Waals surface area contributed by atoms with Crippen LogP contribution < -0.4 is 4.74 Å². The number of nitrogens with zero attached hydrogens (tertiary/aromatic N) is 1. The molecule has 1 fully saturated rings. The molecule has 0 aliphatic carbocycles. The Balaban J connectivity index is 0. The molecule has 0 radical (unpaired) electrons. The molecule has 1 unspecified atom stereocenters. The van der Waals surface area contributed by atoms with Gasteiger partial charge in [0.2, 0.25) is 0 Å². The zero-order valence-electron chi connectivity index (χ0n) is 20.1. The smallest absolute Gasteiger partial charge is 0.410 e. The Morgan fingerprint density at radius 3 is 2.28 bits per heavy atom. The molecule has 0 N–H and O–H groups in total. The van der Waals surface area contributed by atoms with Crippen LogP contribution >= 0.6 is 11.6 Å². The summed E-state index contributed by atoms with van der Waals surface area (Å²) in [4.78, 5) is 13.8. The third-order valence-electron chi connectivity index (χ3n) is 3.35. The second-order valence-corrected chi connectivity index (χ2v) is 7.08. The van der Waals surface area contributed by atoms with E-state index in [0.717, 1.165) is 11.3 Å². The van der Waals surface area contributed by atoms with Crippen LogP contribution in [0.15, 0.2) is 18.2 Å². The van der Waals surface area contributed by atoms with E-state index in [1.165, 1.54) is 0 Å². The number of benzene rings is 1. The van der Waals surface area contributed by atoms with Gasteiger partial charge in [-0.3, -0.25) is 0 Å². The summed E-state index contributed by atoms with van der Waals surface area (Å²) in [5.41, 5.74) is 0.472. The molecule has 1 amide bonds. The number of morpholine rings is 1. The third-order valence-corrected chi connectivity index (χ3v) is 3.59. The largest absolute Gasteiger partial charge is 0.491 e. The molecule has 1 heterocycles. The van der Waals surface area contributed by atoms with Crippen molar-refractivity contribution in [3.8, 4) is 5.75 Å². The van der Waals surface area contributed by atoms with Crippen molar-refractivity contribution in [2.24, 2.45) is 0 Å². The Morgan fingerprint density at radius 1 is 1.17 bits per heavy atom. The maximum absolute atomic E-state index is 12.1. The highest BCUT2D eigenvalue weighted by Gasteiger charge is 2.28. The number of aryl methyl sites for hydroxylation is 1. The van der Waals surface area contributed by atoms with E-state index in [1.54, 1.807) is 11.0 Å². The number of carbonyl (C=O) groups excluding carboxylic acids is 1. The average Bonchev–Trinajstić information content (AvgIpc) is 2.71. The zero-order valence-corrected chi connectivity index (χ0v) is 20.9. The summed E-state index contributed by atoms with van der Waals surface area (Å²) in [6, 6.07) is 5.48. The van der Waals surface area contributed by atoms with E-state index in [-0.39, 0.29) is 12.2 Å². The van der Waals surface area contributed by atoms with Crippen molar-refractivity contribution in [3.63, 3.8) is 0 Å². The molecule has 0 aromatic heterocycles. The van der Waals surface area contributed by atoms with Crippen molar-refractivity contribution in [1.29, 1.82) is 0 Å². The Bertz CT molecular complexity index is 558. The van der Waals surface area contributed by atoms with Gasteiger partial charge in [0.15, 0.2) is 0 Å². The fourth-order valence-electron chi connectivity index (χ4n) is 2.27. The number of halogens is 1. The molecule has 1 aliphatic heterocycles. The van der Waals surface area contributed by atoms with Crippen LogP contribution in [0.25, 0.3) is 0 Å². The highest BCUT2D eigenvalue weighted by Crippen LogP contribution is 2.22. The van der Waals surface area contributed by atoms with Crippen LogP contribution in [0, 0.1) is 6.92 Å². The molecule has 1 aliphatic rings. The summed E-state index contributed by atoms with van der Waals surface area (Å²) < 4.78 is 16.9. The quantitative estimate of drug-likeness (QED) is 0.531. The lowest BCUT2D eigenvalue weighted by Gasteiger charge is -2.34. The minimum atomic E-state index is -0.498. The first-order valence-electron chi connectivity index (χ1n) is 10.7. The van der Waals surface area contributed by atoms with Crippen LogP contribution in [0.3, 0.4) is 0 Å². The first kappa shape index (κ1) is 29.7. The fraction of sp³-hybridized carbons (Fsp3) is 0.696. The van der Waals surface area contributed by atoms with Crippen molar-refractivity contribution in [3.05, 3.63) is 28.8 Å². The monoisotopic (exact) mass is 431 g/mol. The predicted molar refractivity (Wildman–Crippen MR) is 123 cm³/mol. The van der Waals surface area contributed by atoms with Gasteiger partial charge in [-0.25, -0.2) is 4.79 Å². The Kier molecular flexibility index (Phi) is 16.8. The second kappa shape index (κ2) is 16.3.